The summed E-state index contributed by atoms with van der Waals surface area (Å²) in [5.41, 5.74) is 3.23. The monoisotopic (exact) mass is 438 g/mol. The van der Waals surface area contributed by atoms with Crippen LogP contribution in [-0.4, -0.2) is 51.3 Å². The fourth-order valence-corrected chi connectivity index (χ4v) is 3.73. The van der Waals surface area contributed by atoms with Gasteiger partial charge in [-0.1, -0.05) is 6.07 Å². The first-order valence-electron chi connectivity index (χ1n) is 9.88. The number of aromatic nitrogens is 3. The molecule has 0 fully saturated rings. The third-order valence-corrected chi connectivity index (χ3v) is 5.56. The van der Waals surface area contributed by atoms with Crippen LogP contribution in [0.3, 0.4) is 0 Å². The van der Waals surface area contributed by atoms with Gasteiger partial charge in [-0.25, -0.2) is 4.98 Å². The van der Waals surface area contributed by atoms with Crippen molar-refractivity contribution in [2.75, 3.05) is 19.7 Å². The number of thiophene rings is 1. The number of ether oxygens (including phenoxy) is 1. The lowest BCUT2D eigenvalue weighted by Gasteiger charge is -2.13. The molecular formula is C23H26N4O3S. The van der Waals surface area contributed by atoms with Crippen LogP contribution >= 0.6 is 11.3 Å². The van der Waals surface area contributed by atoms with Gasteiger partial charge in [-0.3, -0.25) is 4.98 Å². The number of hydrogen-bond acceptors (Lipinski definition) is 6. The first kappa shape index (κ1) is 22.6. The van der Waals surface area contributed by atoms with Crippen molar-refractivity contribution < 1.29 is 15.3 Å². The van der Waals surface area contributed by atoms with Gasteiger partial charge in [0.15, 0.2) is 0 Å². The van der Waals surface area contributed by atoms with Crippen LogP contribution < -0.4 is 10.1 Å². The van der Waals surface area contributed by atoms with E-state index in [2.05, 4.69) is 26.3 Å². The average molecular weight is 439 g/mol. The molecule has 1 aromatic carbocycles. The van der Waals surface area contributed by atoms with Crippen LogP contribution in [0, 0.1) is 0 Å². The Hall–Kier alpha value is -3.04. The minimum atomic E-state index is -0.569. The highest BCUT2D eigenvalue weighted by atomic mass is 32.1. The summed E-state index contributed by atoms with van der Waals surface area (Å²) in [7, 11) is 0. The van der Waals surface area contributed by atoms with Crippen LogP contribution in [0.15, 0.2) is 72.5 Å². The Balaban J connectivity index is 0.00000272. The van der Waals surface area contributed by atoms with Gasteiger partial charge in [-0.05, 0) is 66.4 Å². The molecule has 0 aliphatic carbocycles. The van der Waals surface area contributed by atoms with Crippen LogP contribution in [-0.2, 0) is 6.42 Å². The highest BCUT2D eigenvalue weighted by Crippen LogP contribution is 2.26. The maximum absolute atomic E-state index is 10.1. The zero-order valence-electron chi connectivity index (χ0n) is 17.0. The predicted molar refractivity (Wildman–Crippen MR) is 123 cm³/mol. The minimum Gasteiger partial charge on any atom is -0.491 e. The van der Waals surface area contributed by atoms with E-state index in [1.165, 1.54) is 5.56 Å². The van der Waals surface area contributed by atoms with Gasteiger partial charge in [-0.15, -0.1) is 11.3 Å². The van der Waals surface area contributed by atoms with Crippen molar-refractivity contribution in [2.24, 2.45) is 0 Å². The Kier molecular flexibility index (Phi) is 8.31. The normalized spacial score (nSPS) is 11.6. The van der Waals surface area contributed by atoms with Gasteiger partial charge < -0.3 is 25.6 Å². The quantitative estimate of drug-likeness (QED) is 0.329. The van der Waals surface area contributed by atoms with Crippen molar-refractivity contribution in [3.8, 4) is 27.7 Å². The summed E-state index contributed by atoms with van der Waals surface area (Å²) in [6.45, 7) is 1.53. The summed E-state index contributed by atoms with van der Waals surface area (Å²) in [5, 5.41) is 15.4. The van der Waals surface area contributed by atoms with E-state index in [9.17, 15) is 5.11 Å². The molecule has 4 aromatic rings. The van der Waals surface area contributed by atoms with Crippen molar-refractivity contribution in [3.63, 3.8) is 0 Å². The Morgan fingerprint density at radius 1 is 1.10 bits per heavy atom. The molecule has 0 bridgehead atoms. The molecule has 0 spiro atoms. The maximum atomic E-state index is 10.1. The number of benzene rings is 1. The second-order valence-electron chi connectivity index (χ2n) is 6.92. The highest BCUT2D eigenvalue weighted by molar-refractivity contribution is 7.13. The van der Waals surface area contributed by atoms with Crippen LogP contribution in [0.5, 0.6) is 5.75 Å². The lowest BCUT2D eigenvalue weighted by molar-refractivity contribution is 0.106. The van der Waals surface area contributed by atoms with E-state index in [-0.39, 0.29) is 12.1 Å². The zero-order chi connectivity index (χ0) is 20.6. The molecule has 3 heterocycles. The van der Waals surface area contributed by atoms with E-state index in [1.54, 1.807) is 23.7 Å². The number of nitrogens with one attached hydrogen (secondary N) is 2. The summed E-state index contributed by atoms with van der Waals surface area (Å²) in [4.78, 5) is 13.0. The van der Waals surface area contributed by atoms with Gasteiger partial charge in [0.05, 0.1) is 16.8 Å². The molecule has 8 heteroatoms. The van der Waals surface area contributed by atoms with E-state index in [1.807, 2.05) is 54.0 Å². The highest BCUT2D eigenvalue weighted by Gasteiger charge is 2.08. The Morgan fingerprint density at radius 3 is 2.65 bits per heavy atom. The molecule has 0 saturated heterocycles. The van der Waals surface area contributed by atoms with Crippen molar-refractivity contribution in [1.82, 2.24) is 20.3 Å². The number of rotatable bonds is 10. The third kappa shape index (κ3) is 6.47. The Labute approximate surface area is 185 Å². The fraction of sp³-hybridized carbons (Fsp3) is 0.217. The summed E-state index contributed by atoms with van der Waals surface area (Å²) in [5.74, 6) is 1.54. The van der Waals surface area contributed by atoms with E-state index in [0.717, 1.165) is 40.7 Å². The number of aromatic amines is 1. The molecule has 5 N–H and O–H groups in total. The summed E-state index contributed by atoms with van der Waals surface area (Å²) in [6.07, 6.45) is 5.76. The topological polar surface area (TPSA) is 115 Å². The lowest BCUT2D eigenvalue weighted by Crippen LogP contribution is -2.32. The van der Waals surface area contributed by atoms with Crippen molar-refractivity contribution in [1.29, 1.82) is 0 Å². The number of imidazole rings is 1. The zero-order valence-corrected chi connectivity index (χ0v) is 17.8. The van der Waals surface area contributed by atoms with Gasteiger partial charge in [0.1, 0.15) is 24.3 Å². The number of H-pyrrole nitrogens is 1. The number of hydrogen-bond donors (Lipinski definition) is 3. The third-order valence-electron chi connectivity index (χ3n) is 4.65. The molecule has 0 amide bonds. The number of aliphatic hydroxyl groups excluding tert-OH is 1. The fourth-order valence-electron chi connectivity index (χ4n) is 3.04. The van der Waals surface area contributed by atoms with Gasteiger partial charge in [0.25, 0.3) is 0 Å². The van der Waals surface area contributed by atoms with Crippen molar-refractivity contribution in [2.45, 2.75) is 12.5 Å². The van der Waals surface area contributed by atoms with E-state index < -0.39 is 6.10 Å². The first-order valence-corrected chi connectivity index (χ1v) is 10.8. The smallest absolute Gasteiger partial charge is 0.137 e. The second kappa shape index (κ2) is 11.4. The summed E-state index contributed by atoms with van der Waals surface area (Å²) in [6, 6.07) is 15.8. The summed E-state index contributed by atoms with van der Waals surface area (Å²) >= 11 is 1.68. The van der Waals surface area contributed by atoms with Gasteiger partial charge in [0, 0.05) is 24.5 Å². The molecular weight excluding hydrogens is 412 g/mol. The number of aliphatic hydroxyl groups is 1. The van der Waals surface area contributed by atoms with Crippen LogP contribution in [0.2, 0.25) is 0 Å². The van der Waals surface area contributed by atoms with E-state index in [4.69, 9.17) is 4.74 Å². The molecule has 0 saturated carbocycles. The molecule has 7 nitrogen and oxygen atoms in total. The predicted octanol–water partition coefficient (Wildman–Crippen LogP) is 2.95. The lowest BCUT2D eigenvalue weighted by atomic mass is 10.2. The summed E-state index contributed by atoms with van der Waals surface area (Å²) < 4.78 is 5.71. The molecule has 1 atom stereocenters. The molecule has 0 aliphatic rings. The molecule has 3 aromatic heterocycles. The maximum Gasteiger partial charge on any atom is 0.137 e. The molecule has 4 rings (SSSR count). The molecule has 0 radical (unpaired) electrons. The average Bonchev–Trinajstić information content (AvgIpc) is 3.48. The minimum absolute atomic E-state index is 0. The van der Waals surface area contributed by atoms with E-state index >= 15 is 0 Å². The Bertz CT molecular complexity index is 1020. The van der Waals surface area contributed by atoms with Crippen LogP contribution in [0.1, 0.15) is 5.56 Å². The van der Waals surface area contributed by atoms with Gasteiger partial charge >= 0.3 is 0 Å². The Morgan fingerprint density at radius 2 is 1.90 bits per heavy atom. The van der Waals surface area contributed by atoms with Gasteiger partial charge in [0.2, 0.25) is 0 Å². The number of nitrogens with zero attached hydrogens (tertiary/aromatic N) is 2. The van der Waals surface area contributed by atoms with E-state index in [0.29, 0.717) is 6.54 Å². The molecule has 1 unspecified atom stereocenters. The van der Waals surface area contributed by atoms with Crippen molar-refractivity contribution in [3.05, 3.63) is 78.1 Å². The molecule has 31 heavy (non-hydrogen) atoms. The molecule has 0 aliphatic heterocycles. The second-order valence-corrected chi connectivity index (χ2v) is 7.87. The molecule has 162 valence electrons. The largest absolute Gasteiger partial charge is 0.491 e. The van der Waals surface area contributed by atoms with Crippen molar-refractivity contribution >= 4 is 11.3 Å². The SMILES string of the molecule is O.OC(CNCCc1ccncc1)COc1ccc(-c2ncc(-c3cccs3)[nH]2)cc1. The first-order chi connectivity index (χ1) is 14.8. The standard InChI is InChI=1S/C23H24N4O2S.H2O/c28-19(14-25-12-9-17-7-10-24-11-8-17)16-29-20-5-3-18(4-6-20)23-26-15-21(27-23)22-2-1-13-30-22;/h1-8,10-11,13,15,19,25,28H,9,12,14,16H2,(H,26,27);1H2. The van der Waals surface area contributed by atoms with Gasteiger partial charge in [-0.2, -0.15) is 0 Å². The van der Waals surface area contributed by atoms with Crippen LogP contribution in [0.4, 0.5) is 0 Å². The van der Waals surface area contributed by atoms with Crippen LogP contribution in [0.25, 0.3) is 22.0 Å². The number of pyridine rings is 1.